The van der Waals surface area contributed by atoms with Crippen molar-refractivity contribution in [1.29, 1.82) is 0 Å². The molecule has 0 saturated carbocycles. The molecule has 6 heteroatoms. The van der Waals surface area contributed by atoms with E-state index in [0.717, 1.165) is 148 Å². The smallest absolute Gasteiger partial charge is 0.306 e. The number of hydrogen-bond acceptors (Lipinski definition) is 6. The molecule has 0 aliphatic rings. The molecule has 0 aromatic heterocycles. The Hall–Kier alpha value is -4.45. The summed E-state index contributed by atoms with van der Waals surface area (Å²) in [7, 11) is 0. The molecule has 0 radical (unpaired) electrons. The molecule has 72 heavy (non-hydrogen) atoms. The maximum absolute atomic E-state index is 12.9. The fraction of sp³-hybridized carbons (Fsp3) is 0.621. The maximum atomic E-state index is 12.9. The minimum absolute atomic E-state index is 0.115. The second-order valence-electron chi connectivity index (χ2n) is 18.8. The van der Waals surface area contributed by atoms with Gasteiger partial charge in [-0.3, -0.25) is 14.4 Å². The molecule has 0 rings (SSSR count). The van der Waals surface area contributed by atoms with Crippen LogP contribution < -0.4 is 0 Å². The van der Waals surface area contributed by atoms with Crippen molar-refractivity contribution in [1.82, 2.24) is 0 Å². The van der Waals surface area contributed by atoms with Crippen LogP contribution in [-0.2, 0) is 28.6 Å². The Kier molecular flexibility index (Phi) is 55.5. The lowest BCUT2D eigenvalue weighted by Crippen LogP contribution is -2.30. The van der Waals surface area contributed by atoms with E-state index in [1.807, 2.05) is 0 Å². The normalized spacial score (nSPS) is 13.1. The van der Waals surface area contributed by atoms with Crippen molar-refractivity contribution in [2.24, 2.45) is 0 Å². The molecule has 0 fully saturated rings. The highest BCUT2D eigenvalue weighted by Crippen LogP contribution is 2.13. The molecule has 0 aromatic carbocycles. The van der Waals surface area contributed by atoms with Gasteiger partial charge in [-0.05, 0) is 141 Å². The first kappa shape index (κ1) is 67.5. The molecule has 0 aliphatic carbocycles. The van der Waals surface area contributed by atoms with E-state index in [1.54, 1.807) is 0 Å². The lowest BCUT2D eigenvalue weighted by molar-refractivity contribution is -0.167. The van der Waals surface area contributed by atoms with Crippen molar-refractivity contribution in [3.63, 3.8) is 0 Å². The van der Waals surface area contributed by atoms with E-state index in [2.05, 4.69) is 154 Å². The van der Waals surface area contributed by atoms with Crippen molar-refractivity contribution < 1.29 is 28.6 Å². The number of unbranched alkanes of at least 4 members (excludes halogenated alkanes) is 18. The first-order valence-electron chi connectivity index (χ1n) is 29.2. The SMILES string of the molecule is CC/C=C\C/C=C\C/C=C\C/C=C\C/C=C\CCCCCC(=O)OCC(COC(=O)CCCCC/C=C\C/C=C\C/C=C\C/C=C\CCCCC)OC(=O)CCCCCCC/C=C\C/C=C\CCCCCC. The second kappa shape index (κ2) is 59.1. The van der Waals surface area contributed by atoms with Gasteiger partial charge in [-0.15, -0.1) is 0 Å². The van der Waals surface area contributed by atoms with Gasteiger partial charge in [0, 0.05) is 19.3 Å². The van der Waals surface area contributed by atoms with E-state index < -0.39 is 6.10 Å². The third kappa shape index (κ3) is 56.5. The zero-order valence-electron chi connectivity index (χ0n) is 46.4. The van der Waals surface area contributed by atoms with Crippen molar-refractivity contribution in [2.75, 3.05) is 13.2 Å². The molecule has 0 aliphatic heterocycles. The lowest BCUT2D eigenvalue weighted by Gasteiger charge is -2.18. The van der Waals surface area contributed by atoms with Crippen LogP contribution in [0.5, 0.6) is 0 Å². The number of carbonyl (C=O) groups excluding carboxylic acids is 3. The van der Waals surface area contributed by atoms with Crippen LogP contribution in [0.4, 0.5) is 0 Å². The summed E-state index contributed by atoms with van der Waals surface area (Å²) < 4.78 is 16.8. The summed E-state index contributed by atoms with van der Waals surface area (Å²) in [6.07, 6.45) is 82.9. The van der Waals surface area contributed by atoms with Crippen molar-refractivity contribution in [3.8, 4) is 0 Å². The Morgan fingerprint density at radius 3 is 0.889 bits per heavy atom. The fourth-order valence-corrected chi connectivity index (χ4v) is 7.48. The van der Waals surface area contributed by atoms with Gasteiger partial charge in [0.2, 0.25) is 0 Å². The van der Waals surface area contributed by atoms with Crippen LogP contribution in [0, 0.1) is 0 Å². The summed E-state index contributed by atoms with van der Waals surface area (Å²) in [5.74, 6) is -0.993. The van der Waals surface area contributed by atoms with Crippen molar-refractivity contribution in [3.05, 3.63) is 134 Å². The minimum atomic E-state index is -0.819. The van der Waals surface area contributed by atoms with Gasteiger partial charge in [0.05, 0.1) is 0 Å². The minimum Gasteiger partial charge on any atom is -0.462 e. The molecule has 0 N–H and O–H groups in total. The number of carbonyl (C=O) groups is 3. The third-order valence-electron chi connectivity index (χ3n) is 11.9. The molecule has 0 spiro atoms. The number of hydrogen-bond donors (Lipinski definition) is 0. The van der Waals surface area contributed by atoms with E-state index in [0.29, 0.717) is 19.3 Å². The Morgan fingerprint density at radius 1 is 0.292 bits per heavy atom. The topological polar surface area (TPSA) is 78.9 Å². The van der Waals surface area contributed by atoms with Crippen LogP contribution in [0.1, 0.15) is 245 Å². The average molecular weight is 996 g/mol. The van der Waals surface area contributed by atoms with E-state index in [9.17, 15) is 14.4 Å². The first-order chi connectivity index (χ1) is 35.5. The summed E-state index contributed by atoms with van der Waals surface area (Å²) in [6.45, 7) is 6.41. The van der Waals surface area contributed by atoms with Crippen LogP contribution >= 0.6 is 0 Å². The van der Waals surface area contributed by atoms with Gasteiger partial charge >= 0.3 is 17.9 Å². The lowest BCUT2D eigenvalue weighted by atomic mass is 10.1. The van der Waals surface area contributed by atoms with Crippen LogP contribution in [-0.4, -0.2) is 37.2 Å². The largest absolute Gasteiger partial charge is 0.462 e. The summed E-state index contributed by atoms with van der Waals surface area (Å²) in [4.78, 5) is 38.2. The van der Waals surface area contributed by atoms with E-state index in [-0.39, 0.29) is 31.1 Å². The van der Waals surface area contributed by atoms with Gasteiger partial charge in [-0.25, -0.2) is 0 Å². The molecule has 0 heterocycles. The standard InChI is InChI=1S/C66H106O6/c1-4-7-10-13-16-19-22-25-28-31-33-35-38-40-43-46-49-52-55-58-64(67)70-61-63(72-66(69)60-57-54-51-48-45-42-37-30-27-24-21-18-15-12-9-6-3)62-71-65(68)59-56-53-50-47-44-41-39-36-34-32-29-26-23-20-17-14-11-8-5-2/h7,10,16-17,19-21,24-26,28-30,33-37,40-41,43-44,63H,4-6,8-9,11-15,18,22-23,27,31-32,38-39,42,45-62H2,1-3H3/b10-7-,19-16-,20-17-,24-21-,28-25-,29-26-,35-33-,36-34-,37-30-,43-40-,44-41-. The molecule has 1 unspecified atom stereocenters. The van der Waals surface area contributed by atoms with Gasteiger partial charge in [-0.1, -0.05) is 219 Å². The Morgan fingerprint density at radius 2 is 0.542 bits per heavy atom. The van der Waals surface area contributed by atoms with Gasteiger partial charge in [-0.2, -0.15) is 0 Å². The molecule has 0 amide bonds. The highest BCUT2D eigenvalue weighted by atomic mass is 16.6. The van der Waals surface area contributed by atoms with Gasteiger partial charge in [0.25, 0.3) is 0 Å². The van der Waals surface area contributed by atoms with Gasteiger partial charge in [0.1, 0.15) is 13.2 Å². The summed E-state index contributed by atoms with van der Waals surface area (Å²) in [5.41, 5.74) is 0. The summed E-state index contributed by atoms with van der Waals surface area (Å²) in [5, 5.41) is 0. The quantitative estimate of drug-likeness (QED) is 0.0261. The number of ether oxygens (including phenoxy) is 3. The predicted molar refractivity (Wildman–Crippen MR) is 311 cm³/mol. The average Bonchev–Trinajstić information content (AvgIpc) is 3.38. The van der Waals surface area contributed by atoms with Gasteiger partial charge < -0.3 is 14.2 Å². The van der Waals surface area contributed by atoms with Gasteiger partial charge in [0.15, 0.2) is 6.10 Å². The molecular formula is C66H106O6. The van der Waals surface area contributed by atoms with Crippen molar-refractivity contribution in [2.45, 2.75) is 252 Å². The third-order valence-corrected chi connectivity index (χ3v) is 11.9. The Labute approximate surface area is 443 Å². The Balaban J connectivity index is 4.55. The summed E-state index contributed by atoms with van der Waals surface area (Å²) in [6, 6.07) is 0. The monoisotopic (exact) mass is 995 g/mol. The summed E-state index contributed by atoms with van der Waals surface area (Å²) >= 11 is 0. The molecule has 0 saturated heterocycles. The zero-order valence-corrected chi connectivity index (χ0v) is 46.4. The second-order valence-corrected chi connectivity index (χ2v) is 18.8. The van der Waals surface area contributed by atoms with Crippen LogP contribution in [0.3, 0.4) is 0 Å². The highest BCUT2D eigenvalue weighted by Gasteiger charge is 2.19. The zero-order chi connectivity index (χ0) is 52.2. The van der Waals surface area contributed by atoms with E-state index in [4.69, 9.17) is 14.2 Å². The number of allylic oxidation sites excluding steroid dienone is 22. The molecular weight excluding hydrogens is 889 g/mol. The van der Waals surface area contributed by atoms with Crippen LogP contribution in [0.25, 0.3) is 0 Å². The first-order valence-corrected chi connectivity index (χ1v) is 29.2. The number of esters is 3. The Bertz CT molecular complexity index is 1560. The molecule has 406 valence electrons. The van der Waals surface area contributed by atoms with Crippen LogP contribution in [0.2, 0.25) is 0 Å². The molecule has 0 bridgehead atoms. The number of rotatable bonds is 51. The molecule has 6 nitrogen and oxygen atoms in total. The van der Waals surface area contributed by atoms with Crippen LogP contribution in [0.15, 0.2) is 134 Å². The fourth-order valence-electron chi connectivity index (χ4n) is 7.48. The maximum Gasteiger partial charge on any atom is 0.306 e. The molecule has 0 aromatic rings. The highest BCUT2D eigenvalue weighted by molar-refractivity contribution is 5.71. The predicted octanol–water partition coefficient (Wildman–Crippen LogP) is 19.8. The van der Waals surface area contributed by atoms with E-state index in [1.165, 1.54) is 57.8 Å². The van der Waals surface area contributed by atoms with Crippen molar-refractivity contribution >= 4 is 17.9 Å². The van der Waals surface area contributed by atoms with E-state index >= 15 is 0 Å². The molecule has 1 atom stereocenters.